The number of benzene rings is 1. The number of carbonyl (C=O) groups is 1. The van der Waals surface area contributed by atoms with Crippen LogP contribution in [0.2, 0.25) is 0 Å². The fraction of sp³-hybridized carbons (Fsp3) is 0.267. The summed E-state index contributed by atoms with van der Waals surface area (Å²) in [6, 6.07) is 7.94. The van der Waals surface area contributed by atoms with Gasteiger partial charge in [0.2, 0.25) is 0 Å². The van der Waals surface area contributed by atoms with Gasteiger partial charge in [-0.05, 0) is 11.6 Å². The summed E-state index contributed by atoms with van der Waals surface area (Å²) in [6.07, 6.45) is 3.44. The van der Waals surface area contributed by atoms with E-state index in [-0.39, 0.29) is 0 Å². The van der Waals surface area contributed by atoms with Gasteiger partial charge in [-0.25, -0.2) is 4.79 Å². The third-order valence-corrected chi connectivity index (χ3v) is 4.35. The highest BCUT2D eigenvalue weighted by Crippen LogP contribution is 2.48. The third-order valence-electron chi connectivity index (χ3n) is 4.35. The Hall–Kier alpha value is -2.43. The monoisotopic (exact) mass is 270 g/mol. The molecule has 20 heavy (non-hydrogen) atoms. The molecule has 0 radical (unpaired) electrons. The van der Waals surface area contributed by atoms with E-state index in [9.17, 15) is 9.90 Å². The Balaban J connectivity index is 1.94. The third kappa shape index (κ3) is 1.29. The van der Waals surface area contributed by atoms with Crippen molar-refractivity contribution >= 4 is 11.7 Å². The van der Waals surface area contributed by atoms with Crippen LogP contribution in [0.4, 0.5) is 5.69 Å². The Morgan fingerprint density at radius 1 is 1.40 bits per heavy atom. The Kier molecular flexibility index (Phi) is 2.16. The van der Waals surface area contributed by atoms with Crippen molar-refractivity contribution in [3.8, 4) is 0 Å². The van der Waals surface area contributed by atoms with Gasteiger partial charge in [-0.15, -0.1) is 0 Å². The zero-order chi connectivity index (χ0) is 13.7. The molecule has 1 unspecified atom stereocenters. The first-order valence-corrected chi connectivity index (χ1v) is 6.58. The quantitative estimate of drug-likeness (QED) is 0.810. The van der Waals surface area contributed by atoms with Crippen molar-refractivity contribution in [1.29, 1.82) is 0 Å². The van der Waals surface area contributed by atoms with Gasteiger partial charge in [0.1, 0.15) is 6.61 Å². The maximum absolute atomic E-state index is 11.8. The molecule has 0 amide bonds. The first-order chi connectivity index (χ1) is 9.72. The molecule has 5 heteroatoms. The molecule has 4 rings (SSSR count). The number of aliphatic carboxylic acids is 1. The van der Waals surface area contributed by atoms with Crippen molar-refractivity contribution in [2.75, 3.05) is 25.0 Å². The number of nitrogens with one attached hydrogen (secondary N) is 1. The van der Waals surface area contributed by atoms with Gasteiger partial charge in [0.25, 0.3) is 0 Å². The lowest BCUT2D eigenvalue weighted by Gasteiger charge is -2.26. The van der Waals surface area contributed by atoms with Gasteiger partial charge in [0.15, 0.2) is 0 Å². The summed E-state index contributed by atoms with van der Waals surface area (Å²) in [5, 5.41) is 13.0. The van der Waals surface area contributed by atoms with E-state index in [1.165, 1.54) is 0 Å². The van der Waals surface area contributed by atoms with Crippen molar-refractivity contribution < 1.29 is 14.6 Å². The molecule has 0 bridgehead atoms. The van der Waals surface area contributed by atoms with E-state index in [2.05, 4.69) is 5.32 Å². The van der Waals surface area contributed by atoms with Crippen molar-refractivity contribution in [3.05, 3.63) is 53.6 Å². The molecule has 0 aromatic heterocycles. The molecule has 3 heterocycles. The van der Waals surface area contributed by atoms with Gasteiger partial charge < -0.3 is 20.1 Å². The normalized spacial score (nSPS) is 26.3. The van der Waals surface area contributed by atoms with Crippen molar-refractivity contribution in [1.82, 2.24) is 4.90 Å². The molecule has 1 atom stereocenters. The Morgan fingerprint density at radius 2 is 2.25 bits per heavy atom. The summed E-state index contributed by atoms with van der Waals surface area (Å²) in [6.45, 7) is 1.58. The van der Waals surface area contributed by atoms with Crippen molar-refractivity contribution in [3.63, 3.8) is 0 Å². The Morgan fingerprint density at radius 3 is 3.10 bits per heavy atom. The second kappa shape index (κ2) is 3.79. The summed E-state index contributed by atoms with van der Waals surface area (Å²) in [5.74, 6) is -0.861. The molecule has 0 aliphatic carbocycles. The lowest BCUT2D eigenvalue weighted by atomic mass is 9.77. The summed E-state index contributed by atoms with van der Waals surface area (Å²) in [7, 11) is 0. The molecule has 1 aromatic rings. The molecule has 1 aromatic carbocycles. The molecule has 1 spiro atoms. The minimum Gasteiger partial charge on any atom is -0.493 e. The first-order valence-electron chi connectivity index (χ1n) is 6.58. The fourth-order valence-corrected chi connectivity index (χ4v) is 3.51. The van der Waals surface area contributed by atoms with E-state index >= 15 is 0 Å². The summed E-state index contributed by atoms with van der Waals surface area (Å²) >= 11 is 0. The zero-order valence-corrected chi connectivity index (χ0v) is 10.8. The molecule has 0 saturated heterocycles. The number of ether oxygens (including phenoxy) is 1. The van der Waals surface area contributed by atoms with Crippen molar-refractivity contribution in [2.45, 2.75) is 5.41 Å². The van der Waals surface area contributed by atoms with E-state index in [4.69, 9.17) is 4.74 Å². The number of anilines is 1. The first kappa shape index (κ1) is 11.4. The molecule has 102 valence electrons. The summed E-state index contributed by atoms with van der Waals surface area (Å²) in [5.41, 5.74) is 2.82. The molecule has 2 N–H and O–H groups in total. The largest absolute Gasteiger partial charge is 0.493 e. The number of carboxylic acids is 1. The minimum atomic E-state index is -0.861. The zero-order valence-electron chi connectivity index (χ0n) is 10.8. The second-order valence-corrected chi connectivity index (χ2v) is 5.33. The lowest BCUT2D eigenvalue weighted by Crippen LogP contribution is -2.37. The number of rotatable bonds is 1. The highest BCUT2D eigenvalue weighted by Gasteiger charge is 2.52. The van der Waals surface area contributed by atoms with Crippen LogP contribution >= 0.6 is 0 Å². The van der Waals surface area contributed by atoms with Crippen LogP contribution in [0, 0.1) is 0 Å². The van der Waals surface area contributed by atoms with Gasteiger partial charge >= 0.3 is 5.97 Å². The van der Waals surface area contributed by atoms with Crippen LogP contribution < -0.4 is 5.32 Å². The smallest absolute Gasteiger partial charge is 0.334 e. The maximum atomic E-state index is 11.8. The van der Waals surface area contributed by atoms with E-state index in [0.717, 1.165) is 16.9 Å². The molecule has 5 nitrogen and oxygen atoms in total. The molecule has 0 fully saturated rings. The average molecular weight is 270 g/mol. The molecular weight excluding hydrogens is 256 g/mol. The minimum absolute atomic E-state index is 0.321. The second-order valence-electron chi connectivity index (χ2n) is 5.33. The highest BCUT2D eigenvalue weighted by molar-refractivity contribution is 5.93. The number of carboxylic acid groups (broad SMARTS) is 1. The summed E-state index contributed by atoms with van der Waals surface area (Å²) in [4.78, 5) is 13.8. The Labute approximate surface area is 116 Å². The van der Waals surface area contributed by atoms with Crippen LogP contribution in [0.25, 0.3) is 0 Å². The predicted octanol–water partition coefficient (Wildman–Crippen LogP) is 1.51. The van der Waals surface area contributed by atoms with Crippen LogP contribution in [0.5, 0.6) is 0 Å². The van der Waals surface area contributed by atoms with E-state index < -0.39 is 11.4 Å². The number of nitrogens with zero attached hydrogens (tertiary/aromatic N) is 1. The van der Waals surface area contributed by atoms with Crippen molar-refractivity contribution in [2.24, 2.45) is 0 Å². The maximum Gasteiger partial charge on any atom is 0.334 e. The predicted molar refractivity (Wildman–Crippen MR) is 73.1 cm³/mol. The van der Waals surface area contributed by atoms with Crippen LogP contribution in [0.3, 0.4) is 0 Å². The molecule has 3 aliphatic heterocycles. The van der Waals surface area contributed by atoms with E-state index in [0.29, 0.717) is 25.3 Å². The average Bonchev–Trinajstić information content (AvgIpc) is 2.98. The van der Waals surface area contributed by atoms with Crippen LogP contribution in [0.1, 0.15) is 5.56 Å². The van der Waals surface area contributed by atoms with Crippen LogP contribution in [-0.4, -0.2) is 35.7 Å². The van der Waals surface area contributed by atoms with Gasteiger partial charge in [-0.3, -0.25) is 0 Å². The molecular formula is C15H14N2O3. The van der Waals surface area contributed by atoms with E-state index in [1.807, 2.05) is 35.4 Å². The van der Waals surface area contributed by atoms with Gasteiger partial charge in [-0.2, -0.15) is 0 Å². The van der Waals surface area contributed by atoms with Crippen LogP contribution in [-0.2, 0) is 14.9 Å². The fourth-order valence-electron chi connectivity index (χ4n) is 3.51. The van der Waals surface area contributed by atoms with Crippen LogP contribution in [0.15, 0.2) is 48.0 Å². The SMILES string of the molecule is O=C(O)C1=C2COC=CN2CC12CNc1ccccc12. The number of hydrogen-bond donors (Lipinski definition) is 2. The number of fused-ring (bicyclic) bond motifs is 3. The van der Waals surface area contributed by atoms with Gasteiger partial charge in [0.05, 0.1) is 22.9 Å². The highest BCUT2D eigenvalue weighted by atomic mass is 16.5. The Bertz CT molecular complexity index is 665. The topological polar surface area (TPSA) is 61.8 Å². The lowest BCUT2D eigenvalue weighted by molar-refractivity contribution is -0.133. The van der Waals surface area contributed by atoms with Gasteiger partial charge in [0, 0.05) is 25.0 Å². The summed E-state index contributed by atoms with van der Waals surface area (Å²) < 4.78 is 5.29. The standard InChI is InChI=1S/C15H14N2O3/c18-14(19)13-12-7-20-6-5-17(12)9-15(13)8-16-11-4-2-1-3-10(11)15/h1-6,16H,7-9H2,(H,18,19). The molecule has 0 saturated carbocycles. The van der Waals surface area contributed by atoms with Gasteiger partial charge in [-0.1, -0.05) is 18.2 Å². The molecule has 3 aliphatic rings. The number of hydrogen-bond acceptors (Lipinski definition) is 4. The van der Waals surface area contributed by atoms with E-state index in [1.54, 1.807) is 6.26 Å². The number of para-hydroxylation sites is 1.